The monoisotopic (exact) mass is 369 g/mol. The second-order valence-electron chi connectivity index (χ2n) is 5.15. The van der Waals surface area contributed by atoms with Crippen molar-refractivity contribution in [2.24, 2.45) is 0 Å². The fourth-order valence-electron chi connectivity index (χ4n) is 2.38. The molecule has 0 spiro atoms. The van der Waals surface area contributed by atoms with Crippen molar-refractivity contribution in [2.75, 3.05) is 13.2 Å². The molecule has 0 bridgehead atoms. The molecule has 3 rings (SSSR count). The molecule has 2 aromatic rings. The standard InChI is InChI=1S/C17H14ClF2NO4/c18-12-7-11(8-14-15(12)24-6-5-23-14)16(22)21-9-10-3-1-2-4-13(10)25-17(19)20/h1-4,7-8,17H,5-6,9H2,(H,21,22). The molecule has 1 heterocycles. The highest BCUT2D eigenvalue weighted by Crippen LogP contribution is 2.38. The number of carbonyl (C=O) groups is 1. The van der Waals surface area contributed by atoms with Crippen LogP contribution in [0.5, 0.6) is 17.2 Å². The van der Waals surface area contributed by atoms with E-state index in [1.807, 2.05) is 0 Å². The van der Waals surface area contributed by atoms with Gasteiger partial charge >= 0.3 is 6.61 Å². The maximum Gasteiger partial charge on any atom is 0.387 e. The Bertz CT molecular complexity index is 785. The summed E-state index contributed by atoms with van der Waals surface area (Å²) >= 11 is 6.10. The molecular weight excluding hydrogens is 356 g/mol. The number of hydrogen-bond donors (Lipinski definition) is 1. The van der Waals surface area contributed by atoms with Gasteiger partial charge in [0.05, 0.1) is 5.02 Å². The van der Waals surface area contributed by atoms with Gasteiger partial charge in [-0.15, -0.1) is 0 Å². The van der Waals surface area contributed by atoms with Crippen molar-refractivity contribution >= 4 is 17.5 Å². The summed E-state index contributed by atoms with van der Waals surface area (Å²) in [5.74, 6) is 0.384. The number of alkyl halides is 2. The SMILES string of the molecule is O=C(NCc1ccccc1OC(F)F)c1cc(Cl)c2c(c1)OCCO2. The summed E-state index contributed by atoms with van der Waals surface area (Å²) in [4.78, 5) is 12.3. The minimum absolute atomic E-state index is 0.0120. The lowest BCUT2D eigenvalue weighted by molar-refractivity contribution is -0.0504. The fourth-order valence-corrected chi connectivity index (χ4v) is 2.65. The van der Waals surface area contributed by atoms with E-state index in [1.54, 1.807) is 18.2 Å². The fraction of sp³-hybridized carbons (Fsp3) is 0.235. The van der Waals surface area contributed by atoms with Gasteiger partial charge in [-0.1, -0.05) is 29.8 Å². The molecule has 1 aliphatic rings. The molecule has 0 saturated carbocycles. The molecule has 1 amide bonds. The average molecular weight is 370 g/mol. The summed E-state index contributed by atoms with van der Waals surface area (Å²) in [5.41, 5.74) is 0.710. The molecule has 0 saturated heterocycles. The highest BCUT2D eigenvalue weighted by Gasteiger charge is 2.19. The number of para-hydroxylation sites is 1. The predicted molar refractivity (Wildman–Crippen MR) is 86.7 cm³/mol. The quantitative estimate of drug-likeness (QED) is 0.874. The zero-order chi connectivity index (χ0) is 17.8. The molecular formula is C17H14ClF2NO4. The highest BCUT2D eigenvalue weighted by atomic mass is 35.5. The van der Waals surface area contributed by atoms with Gasteiger partial charge < -0.3 is 19.5 Å². The molecule has 25 heavy (non-hydrogen) atoms. The van der Waals surface area contributed by atoms with Crippen LogP contribution in [0.3, 0.4) is 0 Å². The average Bonchev–Trinajstić information content (AvgIpc) is 2.60. The van der Waals surface area contributed by atoms with Crippen molar-refractivity contribution in [3.05, 3.63) is 52.5 Å². The normalized spacial score (nSPS) is 12.8. The first-order valence-corrected chi connectivity index (χ1v) is 7.82. The van der Waals surface area contributed by atoms with Crippen molar-refractivity contribution in [3.8, 4) is 17.2 Å². The van der Waals surface area contributed by atoms with Gasteiger partial charge in [0.25, 0.3) is 5.91 Å². The smallest absolute Gasteiger partial charge is 0.387 e. The highest BCUT2D eigenvalue weighted by molar-refractivity contribution is 6.32. The van der Waals surface area contributed by atoms with Gasteiger partial charge in [0.15, 0.2) is 11.5 Å². The van der Waals surface area contributed by atoms with Crippen molar-refractivity contribution in [2.45, 2.75) is 13.2 Å². The Kier molecular flexibility index (Phi) is 5.23. The second kappa shape index (κ2) is 7.57. The van der Waals surface area contributed by atoms with Crippen LogP contribution in [0.4, 0.5) is 8.78 Å². The Labute approximate surface area is 147 Å². The Morgan fingerprint density at radius 3 is 2.80 bits per heavy atom. The molecule has 8 heteroatoms. The third-order valence-corrected chi connectivity index (χ3v) is 3.77. The number of nitrogens with one attached hydrogen (secondary N) is 1. The zero-order valence-electron chi connectivity index (χ0n) is 12.9. The van der Waals surface area contributed by atoms with Crippen LogP contribution in [0.15, 0.2) is 36.4 Å². The van der Waals surface area contributed by atoms with Crippen LogP contribution < -0.4 is 19.5 Å². The second-order valence-corrected chi connectivity index (χ2v) is 5.56. The first kappa shape index (κ1) is 17.3. The number of hydrogen-bond acceptors (Lipinski definition) is 4. The Balaban J connectivity index is 1.72. The van der Waals surface area contributed by atoms with E-state index in [4.69, 9.17) is 21.1 Å². The minimum atomic E-state index is -2.94. The first-order valence-electron chi connectivity index (χ1n) is 7.44. The molecule has 2 aromatic carbocycles. The summed E-state index contributed by atoms with van der Waals surface area (Å²) < 4.78 is 40.1. The molecule has 1 aliphatic heterocycles. The van der Waals surface area contributed by atoms with E-state index < -0.39 is 12.5 Å². The largest absolute Gasteiger partial charge is 0.486 e. The third kappa shape index (κ3) is 4.11. The summed E-state index contributed by atoms with van der Waals surface area (Å²) in [5, 5.41) is 2.91. The van der Waals surface area contributed by atoms with E-state index in [0.29, 0.717) is 30.3 Å². The van der Waals surface area contributed by atoms with Crippen LogP contribution in [0.1, 0.15) is 15.9 Å². The van der Waals surface area contributed by atoms with Gasteiger partial charge in [-0.05, 0) is 18.2 Å². The molecule has 5 nitrogen and oxygen atoms in total. The topological polar surface area (TPSA) is 56.8 Å². The van der Waals surface area contributed by atoms with Crippen molar-refractivity contribution < 1.29 is 27.8 Å². The van der Waals surface area contributed by atoms with Gasteiger partial charge in [-0.3, -0.25) is 4.79 Å². The maximum absolute atomic E-state index is 12.4. The number of carbonyl (C=O) groups excluding carboxylic acids is 1. The molecule has 0 fully saturated rings. The number of benzene rings is 2. The van der Waals surface area contributed by atoms with Crippen molar-refractivity contribution in [3.63, 3.8) is 0 Å². The van der Waals surface area contributed by atoms with E-state index in [0.717, 1.165) is 0 Å². The van der Waals surface area contributed by atoms with Crippen LogP contribution >= 0.6 is 11.6 Å². The number of rotatable bonds is 5. The molecule has 0 aliphatic carbocycles. The van der Waals surface area contributed by atoms with E-state index >= 15 is 0 Å². The van der Waals surface area contributed by atoms with Crippen LogP contribution in [0.25, 0.3) is 0 Å². The summed E-state index contributed by atoms with van der Waals surface area (Å²) in [6.45, 7) is -2.16. The Hall–Kier alpha value is -2.54. The molecule has 0 radical (unpaired) electrons. The van der Waals surface area contributed by atoms with Gasteiger partial charge in [0.2, 0.25) is 0 Å². The lowest BCUT2D eigenvalue weighted by Crippen LogP contribution is -2.24. The van der Waals surface area contributed by atoms with E-state index in [-0.39, 0.29) is 22.9 Å². The molecule has 1 N–H and O–H groups in total. The number of halogens is 3. The van der Waals surface area contributed by atoms with Gasteiger partial charge in [-0.2, -0.15) is 8.78 Å². The van der Waals surface area contributed by atoms with Crippen LogP contribution in [0, 0.1) is 0 Å². The van der Waals surface area contributed by atoms with Crippen LogP contribution in [-0.2, 0) is 6.54 Å². The molecule has 0 atom stereocenters. The molecule has 132 valence electrons. The lowest BCUT2D eigenvalue weighted by Gasteiger charge is -2.20. The summed E-state index contributed by atoms with van der Waals surface area (Å²) in [6.07, 6.45) is 0. The summed E-state index contributed by atoms with van der Waals surface area (Å²) in [6, 6.07) is 9.23. The third-order valence-electron chi connectivity index (χ3n) is 3.49. The van der Waals surface area contributed by atoms with Crippen molar-refractivity contribution in [1.29, 1.82) is 0 Å². The van der Waals surface area contributed by atoms with Gasteiger partial charge in [0, 0.05) is 17.7 Å². The Morgan fingerprint density at radius 2 is 2.00 bits per heavy atom. The lowest BCUT2D eigenvalue weighted by atomic mass is 10.1. The maximum atomic E-state index is 12.4. The van der Waals surface area contributed by atoms with Crippen LogP contribution in [0.2, 0.25) is 5.02 Å². The number of fused-ring (bicyclic) bond motifs is 1. The molecule has 0 aromatic heterocycles. The number of ether oxygens (including phenoxy) is 3. The van der Waals surface area contributed by atoms with Crippen molar-refractivity contribution in [1.82, 2.24) is 5.32 Å². The zero-order valence-corrected chi connectivity index (χ0v) is 13.7. The first-order chi connectivity index (χ1) is 12.0. The van der Waals surface area contributed by atoms with E-state index in [1.165, 1.54) is 18.2 Å². The summed E-state index contributed by atoms with van der Waals surface area (Å²) in [7, 11) is 0. The molecule has 0 unspecified atom stereocenters. The number of amides is 1. The van der Waals surface area contributed by atoms with Gasteiger partial charge in [-0.25, -0.2) is 0 Å². The van der Waals surface area contributed by atoms with Gasteiger partial charge in [0.1, 0.15) is 19.0 Å². The van der Waals surface area contributed by atoms with Crippen LogP contribution in [-0.4, -0.2) is 25.7 Å². The van der Waals surface area contributed by atoms with E-state index in [2.05, 4.69) is 10.1 Å². The van der Waals surface area contributed by atoms with E-state index in [9.17, 15) is 13.6 Å². The Morgan fingerprint density at radius 1 is 1.24 bits per heavy atom. The predicted octanol–water partition coefficient (Wildman–Crippen LogP) is 3.64. The minimum Gasteiger partial charge on any atom is -0.486 e.